The summed E-state index contributed by atoms with van der Waals surface area (Å²) in [6.45, 7) is -0.974. The number of halogens is 3. The molecule has 0 aliphatic rings. The minimum absolute atomic E-state index is 0.187. The highest BCUT2D eigenvalue weighted by Gasteiger charge is 2.26. The molecule has 0 saturated heterocycles. The van der Waals surface area contributed by atoms with Crippen LogP contribution in [0.3, 0.4) is 0 Å². The second kappa shape index (κ2) is 4.92. The highest BCUT2D eigenvalue weighted by Crippen LogP contribution is 2.22. The molecule has 0 aliphatic carbocycles. The lowest BCUT2D eigenvalue weighted by atomic mass is 10.3. The highest BCUT2D eigenvalue weighted by atomic mass is 32.2. The SMILES string of the molecule is CN(CC(F)F)S(=O)(=O)c1cc(F)ccc1N. The third-order valence-electron chi connectivity index (χ3n) is 2.06. The monoisotopic (exact) mass is 268 g/mol. The van der Waals surface area contributed by atoms with E-state index in [0.717, 1.165) is 19.2 Å². The van der Waals surface area contributed by atoms with Gasteiger partial charge in [0.05, 0.1) is 12.2 Å². The average Bonchev–Trinajstić information content (AvgIpc) is 2.20. The Labute approximate surface area is 96.9 Å². The molecular weight excluding hydrogens is 257 g/mol. The maximum absolute atomic E-state index is 12.9. The first kappa shape index (κ1) is 13.8. The van der Waals surface area contributed by atoms with E-state index in [2.05, 4.69) is 0 Å². The molecular formula is C9H11F3N2O2S. The van der Waals surface area contributed by atoms with Gasteiger partial charge in [-0.2, -0.15) is 4.31 Å². The Morgan fingerprint density at radius 2 is 2.00 bits per heavy atom. The predicted molar refractivity (Wildman–Crippen MR) is 56.6 cm³/mol. The van der Waals surface area contributed by atoms with Gasteiger partial charge in [0, 0.05) is 7.05 Å². The fourth-order valence-electron chi connectivity index (χ4n) is 1.19. The number of sulfonamides is 1. The third kappa shape index (κ3) is 3.10. The molecule has 1 aromatic rings. The maximum Gasteiger partial charge on any atom is 0.252 e. The molecule has 4 nitrogen and oxygen atoms in total. The normalized spacial score (nSPS) is 12.4. The molecule has 1 rings (SSSR count). The predicted octanol–water partition coefficient (Wildman–Crippen LogP) is 1.29. The van der Waals surface area contributed by atoms with Gasteiger partial charge in [-0.3, -0.25) is 0 Å². The Morgan fingerprint density at radius 1 is 1.41 bits per heavy atom. The van der Waals surface area contributed by atoms with E-state index < -0.39 is 33.7 Å². The van der Waals surface area contributed by atoms with Crippen LogP contribution < -0.4 is 5.73 Å². The molecule has 0 unspecified atom stereocenters. The Morgan fingerprint density at radius 3 is 2.53 bits per heavy atom. The van der Waals surface area contributed by atoms with Crippen molar-refractivity contribution in [3.05, 3.63) is 24.0 Å². The summed E-state index contributed by atoms with van der Waals surface area (Å²) in [5.41, 5.74) is 5.20. The van der Waals surface area contributed by atoms with E-state index in [1.165, 1.54) is 0 Å². The van der Waals surface area contributed by atoms with Gasteiger partial charge in [-0.15, -0.1) is 0 Å². The molecule has 0 amide bonds. The fraction of sp³-hybridized carbons (Fsp3) is 0.333. The summed E-state index contributed by atoms with van der Waals surface area (Å²) in [6, 6.07) is 2.76. The van der Waals surface area contributed by atoms with Crippen molar-refractivity contribution >= 4 is 15.7 Å². The second-order valence-corrected chi connectivity index (χ2v) is 5.37. The standard InChI is InChI=1S/C9H11F3N2O2S/c1-14(5-9(11)12)17(15,16)8-4-6(10)2-3-7(8)13/h2-4,9H,5,13H2,1H3. The molecule has 0 radical (unpaired) electrons. The highest BCUT2D eigenvalue weighted by molar-refractivity contribution is 7.89. The molecule has 0 aromatic heterocycles. The molecule has 0 fully saturated rings. The molecule has 0 bridgehead atoms. The van der Waals surface area contributed by atoms with Gasteiger partial charge in [0.1, 0.15) is 10.7 Å². The van der Waals surface area contributed by atoms with Crippen LogP contribution in [0.4, 0.5) is 18.9 Å². The Kier molecular flexibility index (Phi) is 3.99. The van der Waals surface area contributed by atoms with Crippen molar-refractivity contribution in [2.24, 2.45) is 0 Å². The van der Waals surface area contributed by atoms with Crippen LogP contribution in [0.25, 0.3) is 0 Å². The zero-order chi connectivity index (χ0) is 13.2. The van der Waals surface area contributed by atoms with Crippen LogP contribution in [0.15, 0.2) is 23.1 Å². The Bertz CT molecular complexity index is 505. The lowest BCUT2D eigenvalue weighted by Gasteiger charge is -2.17. The quantitative estimate of drug-likeness (QED) is 0.837. The molecule has 0 aliphatic heterocycles. The van der Waals surface area contributed by atoms with Crippen molar-refractivity contribution in [1.29, 1.82) is 0 Å². The zero-order valence-corrected chi connectivity index (χ0v) is 9.72. The van der Waals surface area contributed by atoms with E-state index in [1.54, 1.807) is 0 Å². The van der Waals surface area contributed by atoms with Crippen LogP contribution in [0.2, 0.25) is 0 Å². The van der Waals surface area contributed by atoms with Crippen LogP contribution in [-0.4, -0.2) is 32.7 Å². The van der Waals surface area contributed by atoms with Crippen molar-refractivity contribution in [2.75, 3.05) is 19.3 Å². The van der Waals surface area contributed by atoms with E-state index in [0.29, 0.717) is 10.4 Å². The van der Waals surface area contributed by atoms with Crippen molar-refractivity contribution < 1.29 is 21.6 Å². The van der Waals surface area contributed by atoms with Crippen molar-refractivity contribution in [3.8, 4) is 0 Å². The first-order chi connectivity index (χ1) is 7.75. The molecule has 0 heterocycles. The molecule has 2 N–H and O–H groups in total. The van der Waals surface area contributed by atoms with Crippen LogP contribution in [-0.2, 0) is 10.0 Å². The van der Waals surface area contributed by atoms with E-state index in [4.69, 9.17) is 5.73 Å². The number of hydrogen-bond donors (Lipinski definition) is 1. The molecule has 17 heavy (non-hydrogen) atoms. The fourth-order valence-corrected chi connectivity index (χ4v) is 2.46. The zero-order valence-electron chi connectivity index (χ0n) is 8.90. The number of nitrogen functional groups attached to an aromatic ring is 1. The molecule has 8 heteroatoms. The van der Waals surface area contributed by atoms with E-state index in [1.807, 2.05) is 0 Å². The van der Waals surface area contributed by atoms with E-state index >= 15 is 0 Å². The minimum atomic E-state index is -4.20. The first-order valence-electron chi connectivity index (χ1n) is 4.54. The third-order valence-corrected chi connectivity index (χ3v) is 3.94. The van der Waals surface area contributed by atoms with E-state index in [9.17, 15) is 21.6 Å². The summed E-state index contributed by atoms with van der Waals surface area (Å²) < 4.78 is 61.1. The maximum atomic E-state index is 12.9. The lowest BCUT2D eigenvalue weighted by Crippen LogP contribution is -2.31. The smallest absolute Gasteiger partial charge is 0.252 e. The number of rotatable bonds is 4. The Balaban J connectivity index is 3.17. The van der Waals surface area contributed by atoms with Gasteiger partial charge in [0.25, 0.3) is 6.43 Å². The van der Waals surface area contributed by atoms with Crippen LogP contribution >= 0.6 is 0 Å². The van der Waals surface area contributed by atoms with Crippen LogP contribution in [0.1, 0.15) is 0 Å². The number of benzene rings is 1. The van der Waals surface area contributed by atoms with E-state index in [-0.39, 0.29) is 5.69 Å². The number of hydrogen-bond acceptors (Lipinski definition) is 3. The molecule has 0 spiro atoms. The summed E-state index contributed by atoms with van der Waals surface area (Å²) in [6.07, 6.45) is -2.82. The molecule has 0 saturated carbocycles. The number of anilines is 1. The molecule has 0 atom stereocenters. The summed E-state index contributed by atoms with van der Waals surface area (Å²) in [5.74, 6) is -0.803. The largest absolute Gasteiger partial charge is 0.398 e. The van der Waals surface area contributed by atoms with Crippen molar-refractivity contribution in [3.63, 3.8) is 0 Å². The lowest BCUT2D eigenvalue weighted by molar-refractivity contribution is 0.126. The summed E-state index contributed by atoms with van der Waals surface area (Å²) in [5, 5.41) is 0. The summed E-state index contributed by atoms with van der Waals surface area (Å²) in [7, 11) is -3.22. The van der Waals surface area contributed by atoms with Gasteiger partial charge in [0.2, 0.25) is 10.0 Å². The number of nitrogens with zero attached hydrogens (tertiary/aromatic N) is 1. The van der Waals surface area contributed by atoms with Gasteiger partial charge < -0.3 is 5.73 Å². The van der Waals surface area contributed by atoms with Gasteiger partial charge in [-0.1, -0.05) is 0 Å². The topological polar surface area (TPSA) is 63.4 Å². The Hall–Kier alpha value is -1.28. The van der Waals surface area contributed by atoms with Crippen molar-refractivity contribution in [1.82, 2.24) is 4.31 Å². The van der Waals surface area contributed by atoms with Crippen molar-refractivity contribution in [2.45, 2.75) is 11.3 Å². The summed E-state index contributed by atoms with van der Waals surface area (Å²) in [4.78, 5) is -0.513. The average molecular weight is 268 g/mol. The van der Waals surface area contributed by atoms with Gasteiger partial charge in [0.15, 0.2) is 0 Å². The minimum Gasteiger partial charge on any atom is -0.398 e. The second-order valence-electron chi connectivity index (χ2n) is 3.36. The summed E-state index contributed by atoms with van der Waals surface area (Å²) >= 11 is 0. The molecule has 96 valence electrons. The number of alkyl halides is 2. The van der Waals surface area contributed by atoms with Gasteiger partial charge in [-0.25, -0.2) is 21.6 Å². The van der Waals surface area contributed by atoms with Crippen LogP contribution in [0.5, 0.6) is 0 Å². The number of nitrogens with two attached hydrogens (primary N) is 1. The first-order valence-corrected chi connectivity index (χ1v) is 5.98. The van der Waals surface area contributed by atoms with Crippen LogP contribution in [0, 0.1) is 5.82 Å². The van der Waals surface area contributed by atoms with Gasteiger partial charge in [-0.05, 0) is 18.2 Å². The molecule has 1 aromatic carbocycles. The van der Waals surface area contributed by atoms with Gasteiger partial charge >= 0.3 is 0 Å².